The molecule has 2 heteroatoms. The van der Waals surface area contributed by atoms with Crippen molar-refractivity contribution in [3.05, 3.63) is 12.3 Å². The molecule has 2 fully saturated rings. The molecule has 0 saturated carbocycles. The summed E-state index contributed by atoms with van der Waals surface area (Å²) in [4.78, 5) is 5.13. The molecule has 0 amide bonds. The van der Waals surface area contributed by atoms with Crippen molar-refractivity contribution in [1.29, 1.82) is 0 Å². The van der Waals surface area contributed by atoms with Gasteiger partial charge in [0.25, 0.3) is 0 Å². The fourth-order valence-electron chi connectivity index (χ4n) is 3.11. The number of hydrogen-bond acceptors (Lipinski definition) is 2. The molecule has 2 heterocycles. The molecule has 0 atom stereocenters. The number of nitrogens with zero attached hydrogens (tertiary/aromatic N) is 2. The molecule has 0 N–H and O–H groups in total. The molecule has 0 aromatic carbocycles. The first-order valence-electron chi connectivity index (χ1n) is 8.28. The van der Waals surface area contributed by atoms with Gasteiger partial charge in [0.2, 0.25) is 0 Å². The van der Waals surface area contributed by atoms with Gasteiger partial charge in [0.15, 0.2) is 0 Å². The lowest BCUT2D eigenvalue weighted by Gasteiger charge is -2.38. The van der Waals surface area contributed by atoms with Crippen LogP contribution in [0.25, 0.3) is 0 Å². The van der Waals surface area contributed by atoms with Gasteiger partial charge in [0, 0.05) is 25.3 Å². The highest BCUT2D eigenvalue weighted by Crippen LogP contribution is 2.23. The lowest BCUT2D eigenvalue weighted by atomic mass is 9.93. The normalized spacial score (nSPS) is 22.8. The van der Waals surface area contributed by atoms with Gasteiger partial charge in [-0.1, -0.05) is 27.4 Å². The minimum atomic E-state index is 0.930. The van der Waals surface area contributed by atoms with E-state index < -0.39 is 0 Å². The molecule has 2 aliphatic rings. The lowest BCUT2D eigenvalue weighted by Crippen LogP contribution is -2.40. The largest absolute Gasteiger partial charge is 0.376 e. The summed E-state index contributed by atoms with van der Waals surface area (Å²) < 4.78 is 0. The van der Waals surface area contributed by atoms with Gasteiger partial charge in [-0.15, -0.1) is 0 Å². The highest BCUT2D eigenvalue weighted by atomic mass is 15.2. The van der Waals surface area contributed by atoms with E-state index in [1.54, 1.807) is 0 Å². The van der Waals surface area contributed by atoms with Crippen molar-refractivity contribution < 1.29 is 0 Å². The van der Waals surface area contributed by atoms with Crippen LogP contribution in [0.15, 0.2) is 12.3 Å². The molecule has 2 aliphatic heterocycles. The van der Waals surface area contributed by atoms with E-state index >= 15 is 0 Å². The van der Waals surface area contributed by atoms with Crippen molar-refractivity contribution in [2.24, 2.45) is 11.8 Å². The molecule has 0 radical (unpaired) electrons. The average Bonchev–Trinajstić information content (AvgIpc) is 2.44. The fourth-order valence-corrected chi connectivity index (χ4v) is 3.11. The predicted molar refractivity (Wildman–Crippen MR) is 85.3 cm³/mol. The van der Waals surface area contributed by atoms with E-state index in [9.17, 15) is 0 Å². The van der Waals surface area contributed by atoms with Crippen LogP contribution in [0.2, 0.25) is 0 Å². The van der Waals surface area contributed by atoms with Gasteiger partial charge in [-0.3, -0.25) is 0 Å². The van der Waals surface area contributed by atoms with Gasteiger partial charge >= 0.3 is 0 Å². The Morgan fingerprint density at radius 2 is 1.53 bits per heavy atom. The van der Waals surface area contributed by atoms with Gasteiger partial charge < -0.3 is 9.80 Å². The van der Waals surface area contributed by atoms with Gasteiger partial charge in [-0.25, -0.2) is 0 Å². The molecule has 2 saturated heterocycles. The summed E-state index contributed by atoms with van der Waals surface area (Å²) in [5.41, 5.74) is 1.25. The average molecular weight is 266 g/mol. The third-order valence-corrected chi connectivity index (χ3v) is 4.55. The molecule has 19 heavy (non-hydrogen) atoms. The number of piperidine rings is 2. The van der Waals surface area contributed by atoms with Crippen LogP contribution in [-0.4, -0.2) is 42.5 Å². The molecule has 112 valence electrons. The molecule has 2 rings (SSSR count). The first kappa shape index (κ1) is 16.6. The van der Waals surface area contributed by atoms with Crippen molar-refractivity contribution in [3.8, 4) is 0 Å². The number of allylic oxidation sites excluding steroid dienone is 1. The van der Waals surface area contributed by atoms with Crippen molar-refractivity contribution in [2.75, 3.05) is 32.7 Å². The summed E-state index contributed by atoms with van der Waals surface area (Å²) >= 11 is 0. The third-order valence-electron chi connectivity index (χ3n) is 4.55. The molecule has 0 aromatic rings. The van der Waals surface area contributed by atoms with Crippen molar-refractivity contribution in [2.45, 2.75) is 53.4 Å². The van der Waals surface area contributed by atoms with E-state index in [2.05, 4.69) is 30.2 Å². The zero-order valence-electron chi connectivity index (χ0n) is 13.6. The Balaban J connectivity index is 0.000000861. The maximum Gasteiger partial charge on any atom is 0.0177 e. The van der Waals surface area contributed by atoms with Crippen LogP contribution in [-0.2, 0) is 0 Å². The van der Waals surface area contributed by atoms with E-state index in [1.165, 1.54) is 64.1 Å². The second-order valence-corrected chi connectivity index (χ2v) is 6.15. The highest BCUT2D eigenvalue weighted by molar-refractivity contribution is 4.91. The Hall–Kier alpha value is -0.500. The smallest absolute Gasteiger partial charge is 0.0177 e. The zero-order chi connectivity index (χ0) is 14.3. The standard InChI is InChI=1S/C15H28N2.C2H6/c1-13(2)17-10-6-15(7-11-17)12-16-8-4-14(3)5-9-16;1-2/h14-15H,1,4-12H2,2-3H3;1-2H3. The van der Waals surface area contributed by atoms with E-state index in [-0.39, 0.29) is 0 Å². The second kappa shape index (κ2) is 8.63. The number of likely N-dealkylation sites (tertiary alicyclic amines) is 2. The summed E-state index contributed by atoms with van der Waals surface area (Å²) in [6, 6.07) is 0. The molecular formula is C17H34N2. The van der Waals surface area contributed by atoms with Crippen LogP contribution in [0.5, 0.6) is 0 Å². The van der Waals surface area contributed by atoms with Crippen LogP contribution in [0.3, 0.4) is 0 Å². The summed E-state index contributed by atoms with van der Waals surface area (Å²) in [6.07, 6.45) is 5.53. The van der Waals surface area contributed by atoms with E-state index in [0.29, 0.717) is 0 Å². The van der Waals surface area contributed by atoms with Gasteiger partial charge in [-0.2, -0.15) is 0 Å². The summed E-state index contributed by atoms with van der Waals surface area (Å²) in [5.74, 6) is 1.88. The maximum absolute atomic E-state index is 4.04. The quantitative estimate of drug-likeness (QED) is 0.762. The van der Waals surface area contributed by atoms with Crippen LogP contribution in [0.1, 0.15) is 53.4 Å². The highest BCUT2D eigenvalue weighted by Gasteiger charge is 2.23. The predicted octanol–water partition coefficient (Wildman–Crippen LogP) is 3.99. The molecule has 0 aliphatic carbocycles. The first-order valence-corrected chi connectivity index (χ1v) is 8.28. The minimum absolute atomic E-state index is 0.930. The molecule has 0 spiro atoms. The maximum atomic E-state index is 4.04. The molecule has 0 unspecified atom stereocenters. The third kappa shape index (κ3) is 5.56. The Labute approximate surface area is 120 Å². The Morgan fingerprint density at radius 1 is 1.00 bits per heavy atom. The Bertz CT molecular complexity index is 246. The lowest BCUT2D eigenvalue weighted by molar-refractivity contribution is 0.133. The molecule has 2 nitrogen and oxygen atoms in total. The minimum Gasteiger partial charge on any atom is -0.376 e. The summed E-state index contributed by atoms with van der Waals surface area (Å²) in [5, 5.41) is 0. The summed E-state index contributed by atoms with van der Waals surface area (Å²) in [6.45, 7) is 19.0. The summed E-state index contributed by atoms with van der Waals surface area (Å²) in [7, 11) is 0. The monoisotopic (exact) mass is 266 g/mol. The van der Waals surface area contributed by atoms with E-state index in [0.717, 1.165) is 11.8 Å². The number of hydrogen-bond donors (Lipinski definition) is 0. The van der Waals surface area contributed by atoms with Gasteiger partial charge in [0.05, 0.1) is 0 Å². The second-order valence-electron chi connectivity index (χ2n) is 6.15. The zero-order valence-corrected chi connectivity index (χ0v) is 13.6. The van der Waals surface area contributed by atoms with Gasteiger partial charge in [0.1, 0.15) is 0 Å². The van der Waals surface area contributed by atoms with E-state index in [1.807, 2.05) is 13.8 Å². The Morgan fingerprint density at radius 3 is 2.00 bits per heavy atom. The number of rotatable bonds is 3. The van der Waals surface area contributed by atoms with Crippen molar-refractivity contribution in [1.82, 2.24) is 9.80 Å². The SMILES string of the molecule is C=C(C)N1CCC(CN2CCC(C)CC2)CC1.CC. The van der Waals surface area contributed by atoms with E-state index in [4.69, 9.17) is 0 Å². The molecule has 0 aromatic heterocycles. The van der Waals surface area contributed by atoms with Crippen LogP contribution < -0.4 is 0 Å². The molecule has 0 bridgehead atoms. The fraction of sp³-hybridized carbons (Fsp3) is 0.882. The van der Waals surface area contributed by atoms with Crippen molar-refractivity contribution >= 4 is 0 Å². The van der Waals surface area contributed by atoms with Gasteiger partial charge in [-0.05, 0) is 57.5 Å². The first-order chi connectivity index (χ1) is 9.15. The molecular weight excluding hydrogens is 232 g/mol. The van der Waals surface area contributed by atoms with Crippen molar-refractivity contribution in [3.63, 3.8) is 0 Å². The van der Waals surface area contributed by atoms with Crippen LogP contribution in [0, 0.1) is 11.8 Å². The van der Waals surface area contributed by atoms with Crippen LogP contribution in [0.4, 0.5) is 0 Å². The Kier molecular flexibility index (Phi) is 7.52. The topological polar surface area (TPSA) is 6.48 Å². The van der Waals surface area contributed by atoms with Crippen LogP contribution >= 0.6 is 0 Å².